The summed E-state index contributed by atoms with van der Waals surface area (Å²) in [6.07, 6.45) is 0. The predicted octanol–water partition coefficient (Wildman–Crippen LogP) is 5.26. The minimum Gasteiger partial charge on any atom is -0.309 e. The Morgan fingerprint density at radius 2 is 1.79 bits per heavy atom. The van der Waals surface area contributed by atoms with Crippen LogP contribution in [0.25, 0.3) is 21.3 Å². The van der Waals surface area contributed by atoms with Crippen LogP contribution in [-0.2, 0) is 6.54 Å². The van der Waals surface area contributed by atoms with E-state index >= 15 is 0 Å². The normalized spacial score (nSPS) is 12.4. The molecule has 29 heavy (non-hydrogen) atoms. The molecule has 4 aromatic rings. The van der Waals surface area contributed by atoms with Gasteiger partial charge in [0.25, 0.3) is 5.56 Å². The number of benzene rings is 2. The summed E-state index contributed by atoms with van der Waals surface area (Å²) in [5.41, 5.74) is 4.02. The highest BCUT2D eigenvalue weighted by Gasteiger charge is 2.17. The van der Waals surface area contributed by atoms with Crippen molar-refractivity contribution in [2.75, 3.05) is 0 Å². The smallest absolute Gasteiger partial charge is 0.260 e. The molecule has 0 amide bonds. The number of nitrogens with one attached hydrogen (secondary N) is 2. The molecule has 4 nitrogen and oxygen atoms in total. The third-order valence-corrected chi connectivity index (χ3v) is 6.07. The first-order chi connectivity index (χ1) is 13.9. The summed E-state index contributed by atoms with van der Waals surface area (Å²) in [7, 11) is 0. The molecule has 0 aliphatic rings. The molecule has 6 heteroatoms. The van der Waals surface area contributed by atoms with Crippen molar-refractivity contribution in [3.63, 3.8) is 0 Å². The first kappa shape index (κ1) is 19.5. The number of fused-ring (bicyclic) bond motifs is 1. The van der Waals surface area contributed by atoms with E-state index in [1.807, 2.05) is 32.9 Å². The van der Waals surface area contributed by atoms with E-state index in [0.717, 1.165) is 26.4 Å². The standard InChI is InChI=1S/C23H22FN3OS/c1-13-4-6-17(7-5-13)20-15(3)29-23-21(20)22(28)26-19(27-23)12-25-14(2)16-8-10-18(24)11-9-16/h4-11,14,25H,12H2,1-3H3,(H,26,27,28). The molecule has 0 fully saturated rings. The number of halogens is 1. The van der Waals surface area contributed by atoms with Gasteiger partial charge in [0.15, 0.2) is 0 Å². The maximum Gasteiger partial charge on any atom is 0.260 e. The fourth-order valence-electron chi connectivity index (χ4n) is 3.43. The third kappa shape index (κ3) is 3.99. The molecule has 2 aromatic heterocycles. The molecule has 0 saturated carbocycles. The van der Waals surface area contributed by atoms with E-state index in [-0.39, 0.29) is 17.4 Å². The maximum absolute atomic E-state index is 13.1. The number of H-pyrrole nitrogens is 1. The molecule has 0 aliphatic heterocycles. The molecule has 0 radical (unpaired) electrons. The van der Waals surface area contributed by atoms with E-state index in [2.05, 4.69) is 27.4 Å². The molecular weight excluding hydrogens is 385 g/mol. The SMILES string of the molecule is Cc1ccc(-c2c(C)sc3nc(CNC(C)c4ccc(F)cc4)[nH]c(=O)c23)cc1. The van der Waals surface area contributed by atoms with Crippen LogP contribution in [0.4, 0.5) is 4.39 Å². The summed E-state index contributed by atoms with van der Waals surface area (Å²) in [5, 5.41) is 3.98. The van der Waals surface area contributed by atoms with Gasteiger partial charge in [0.05, 0.1) is 11.9 Å². The largest absolute Gasteiger partial charge is 0.309 e. The predicted molar refractivity (Wildman–Crippen MR) is 117 cm³/mol. The second-order valence-electron chi connectivity index (χ2n) is 7.25. The molecule has 2 aromatic carbocycles. The van der Waals surface area contributed by atoms with Gasteiger partial charge in [0.2, 0.25) is 0 Å². The number of aryl methyl sites for hydroxylation is 2. The van der Waals surface area contributed by atoms with E-state index < -0.39 is 0 Å². The Bertz CT molecular complexity index is 1210. The molecule has 2 N–H and O–H groups in total. The summed E-state index contributed by atoms with van der Waals surface area (Å²) in [4.78, 5) is 22.3. The Balaban J connectivity index is 1.62. The summed E-state index contributed by atoms with van der Waals surface area (Å²) in [6, 6.07) is 14.6. The molecular formula is C23H22FN3OS. The Kier molecular flexibility index (Phi) is 5.30. The second kappa shape index (κ2) is 7.89. The summed E-state index contributed by atoms with van der Waals surface area (Å²) >= 11 is 1.54. The van der Waals surface area contributed by atoms with Crippen LogP contribution in [0, 0.1) is 19.7 Å². The van der Waals surface area contributed by atoms with Crippen molar-refractivity contribution in [3.8, 4) is 11.1 Å². The van der Waals surface area contributed by atoms with Crippen LogP contribution in [0.1, 0.15) is 34.8 Å². The molecule has 0 bridgehead atoms. The number of hydrogen-bond acceptors (Lipinski definition) is 4. The number of nitrogens with zero attached hydrogens (tertiary/aromatic N) is 1. The van der Waals surface area contributed by atoms with Gasteiger partial charge in [-0.15, -0.1) is 11.3 Å². The van der Waals surface area contributed by atoms with Crippen LogP contribution in [0.2, 0.25) is 0 Å². The molecule has 4 rings (SSSR count). The van der Waals surface area contributed by atoms with Crippen LogP contribution in [0.3, 0.4) is 0 Å². The summed E-state index contributed by atoms with van der Waals surface area (Å²) in [5.74, 6) is 0.336. The fourth-order valence-corrected chi connectivity index (χ4v) is 4.50. The van der Waals surface area contributed by atoms with Crippen molar-refractivity contribution < 1.29 is 4.39 Å². The molecule has 0 spiro atoms. The maximum atomic E-state index is 13.1. The number of thiophene rings is 1. The minimum absolute atomic E-state index is 0.00444. The van der Waals surface area contributed by atoms with Crippen LogP contribution in [0.15, 0.2) is 53.3 Å². The van der Waals surface area contributed by atoms with E-state index in [1.54, 1.807) is 12.1 Å². The molecule has 0 saturated heterocycles. The lowest BCUT2D eigenvalue weighted by Gasteiger charge is -2.13. The zero-order chi connectivity index (χ0) is 20.5. The van der Waals surface area contributed by atoms with E-state index in [4.69, 9.17) is 0 Å². The quantitative estimate of drug-likeness (QED) is 0.475. The Morgan fingerprint density at radius 1 is 1.10 bits per heavy atom. The highest BCUT2D eigenvalue weighted by Crippen LogP contribution is 2.35. The van der Waals surface area contributed by atoms with Crippen molar-refractivity contribution in [3.05, 3.63) is 86.5 Å². The lowest BCUT2D eigenvalue weighted by atomic mass is 10.0. The molecule has 2 heterocycles. The Morgan fingerprint density at radius 3 is 2.48 bits per heavy atom. The van der Waals surface area contributed by atoms with Crippen LogP contribution < -0.4 is 10.9 Å². The molecule has 1 unspecified atom stereocenters. The van der Waals surface area contributed by atoms with E-state index in [0.29, 0.717) is 17.8 Å². The van der Waals surface area contributed by atoms with Crippen molar-refractivity contribution in [2.45, 2.75) is 33.4 Å². The molecule has 0 aliphatic carbocycles. The monoisotopic (exact) mass is 407 g/mol. The van der Waals surface area contributed by atoms with Crippen molar-refractivity contribution >= 4 is 21.6 Å². The van der Waals surface area contributed by atoms with Crippen LogP contribution in [0.5, 0.6) is 0 Å². The zero-order valence-corrected chi connectivity index (χ0v) is 17.4. The van der Waals surface area contributed by atoms with E-state index in [9.17, 15) is 9.18 Å². The van der Waals surface area contributed by atoms with Gasteiger partial charge in [0.1, 0.15) is 16.5 Å². The van der Waals surface area contributed by atoms with Crippen molar-refractivity contribution in [1.29, 1.82) is 0 Å². The number of aromatic amines is 1. The van der Waals surface area contributed by atoms with Gasteiger partial charge in [-0.25, -0.2) is 9.37 Å². The third-order valence-electron chi connectivity index (χ3n) is 5.07. The summed E-state index contributed by atoms with van der Waals surface area (Å²) < 4.78 is 13.1. The van der Waals surface area contributed by atoms with Gasteiger partial charge in [-0.1, -0.05) is 42.0 Å². The Labute approximate surface area is 172 Å². The first-order valence-electron chi connectivity index (χ1n) is 9.50. The van der Waals surface area contributed by atoms with Gasteiger partial charge in [-0.3, -0.25) is 4.79 Å². The van der Waals surface area contributed by atoms with Gasteiger partial charge in [0, 0.05) is 16.5 Å². The average molecular weight is 408 g/mol. The molecule has 148 valence electrons. The topological polar surface area (TPSA) is 57.8 Å². The average Bonchev–Trinajstić information content (AvgIpc) is 3.03. The van der Waals surface area contributed by atoms with Crippen molar-refractivity contribution in [1.82, 2.24) is 15.3 Å². The van der Waals surface area contributed by atoms with Crippen molar-refractivity contribution in [2.24, 2.45) is 0 Å². The van der Waals surface area contributed by atoms with Crippen LogP contribution in [-0.4, -0.2) is 9.97 Å². The number of hydrogen-bond donors (Lipinski definition) is 2. The first-order valence-corrected chi connectivity index (χ1v) is 10.3. The summed E-state index contributed by atoms with van der Waals surface area (Å²) in [6.45, 7) is 6.48. The van der Waals surface area contributed by atoms with Gasteiger partial charge in [-0.2, -0.15) is 0 Å². The minimum atomic E-state index is -0.255. The highest BCUT2D eigenvalue weighted by atomic mass is 32.1. The fraction of sp³-hybridized carbons (Fsp3) is 0.217. The van der Waals surface area contributed by atoms with Gasteiger partial charge >= 0.3 is 0 Å². The second-order valence-corrected chi connectivity index (χ2v) is 8.45. The number of aromatic nitrogens is 2. The zero-order valence-electron chi connectivity index (χ0n) is 16.5. The molecule has 1 atom stereocenters. The van der Waals surface area contributed by atoms with E-state index in [1.165, 1.54) is 29.0 Å². The van der Waals surface area contributed by atoms with Crippen LogP contribution >= 0.6 is 11.3 Å². The Hall–Kier alpha value is -2.83. The lowest BCUT2D eigenvalue weighted by Crippen LogP contribution is -2.22. The number of rotatable bonds is 5. The van der Waals surface area contributed by atoms with Gasteiger partial charge < -0.3 is 10.3 Å². The highest BCUT2D eigenvalue weighted by molar-refractivity contribution is 7.19. The van der Waals surface area contributed by atoms with Gasteiger partial charge in [-0.05, 0) is 44.0 Å². The lowest BCUT2D eigenvalue weighted by molar-refractivity contribution is 0.557.